The minimum Gasteiger partial charge on any atom is -0.423 e. The quantitative estimate of drug-likeness (QED) is 0.242. The number of allylic oxidation sites excluding steroid dienone is 6. The second-order valence-corrected chi connectivity index (χ2v) is 8.56. The first-order chi connectivity index (χ1) is 16.7. The van der Waals surface area contributed by atoms with Crippen LogP contribution < -0.4 is 9.64 Å². The van der Waals surface area contributed by atoms with Crippen molar-refractivity contribution in [1.29, 1.82) is 0 Å². The number of carbonyl (C=O) groups is 1. The van der Waals surface area contributed by atoms with Crippen LogP contribution in [0.3, 0.4) is 0 Å². The largest absolute Gasteiger partial charge is 0.423 e. The Labute approximate surface area is 199 Å². The van der Waals surface area contributed by atoms with Crippen molar-refractivity contribution in [1.82, 2.24) is 0 Å². The third-order valence-corrected chi connectivity index (χ3v) is 6.63. The van der Waals surface area contributed by atoms with Crippen molar-refractivity contribution in [3.05, 3.63) is 143 Å². The van der Waals surface area contributed by atoms with Crippen molar-refractivity contribution >= 4 is 23.4 Å². The molecule has 0 bridgehead atoms. The van der Waals surface area contributed by atoms with Crippen LogP contribution in [0.1, 0.15) is 22.6 Å². The summed E-state index contributed by atoms with van der Waals surface area (Å²) in [5, 5.41) is 0. The van der Waals surface area contributed by atoms with E-state index in [-0.39, 0.29) is 5.92 Å². The fraction of sp³-hybridized carbons (Fsp3) is 0.0645. The molecular weight excluding hydrogens is 418 g/mol. The van der Waals surface area contributed by atoms with E-state index in [0.29, 0.717) is 5.75 Å². The molecule has 3 aromatic carbocycles. The van der Waals surface area contributed by atoms with Crippen LogP contribution in [0.2, 0.25) is 0 Å². The molecule has 0 saturated carbocycles. The van der Waals surface area contributed by atoms with Crippen LogP contribution in [-0.2, 0) is 11.2 Å². The first-order valence-corrected chi connectivity index (χ1v) is 11.4. The summed E-state index contributed by atoms with van der Waals surface area (Å²) in [5.41, 5.74) is 10.0. The number of carbonyl (C=O) groups excluding carboxylic acids is 1. The first kappa shape index (κ1) is 20.3. The summed E-state index contributed by atoms with van der Waals surface area (Å²) in [5.74, 6) is 0.269. The Morgan fingerprint density at radius 2 is 1.71 bits per heavy atom. The maximum absolute atomic E-state index is 11.6. The Balaban J connectivity index is 1.46. The van der Waals surface area contributed by atoms with Gasteiger partial charge in [0.25, 0.3) is 0 Å². The Morgan fingerprint density at radius 1 is 0.912 bits per heavy atom. The molecule has 3 nitrogen and oxygen atoms in total. The van der Waals surface area contributed by atoms with Crippen molar-refractivity contribution in [3.63, 3.8) is 0 Å². The lowest BCUT2D eigenvalue weighted by Gasteiger charge is -2.39. The van der Waals surface area contributed by atoms with Crippen molar-refractivity contribution < 1.29 is 9.53 Å². The molecule has 34 heavy (non-hydrogen) atoms. The maximum Gasteiger partial charge on any atom is 0.335 e. The summed E-state index contributed by atoms with van der Waals surface area (Å²) >= 11 is 0. The number of esters is 1. The number of rotatable bonds is 5. The normalized spacial score (nSPS) is 17.1. The van der Waals surface area contributed by atoms with Crippen LogP contribution in [0.15, 0.2) is 127 Å². The lowest BCUT2D eigenvalue weighted by Crippen LogP contribution is -2.26. The van der Waals surface area contributed by atoms with E-state index < -0.39 is 5.97 Å². The van der Waals surface area contributed by atoms with E-state index in [1.54, 1.807) is 0 Å². The van der Waals surface area contributed by atoms with Crippen LogP contribution >= 0.6 is 0 Å². The molecule has 0 amide bonds. The zero-order valence-corrected chi connectivity index (χ0v) is 18.6. The van der Waals surface area contributed by atoms with Crippen molar-refractivity contribution in [3.8, 4) is 5.75 Å². The van der Waals surface area contributed by atoms with Crippen LogP contribution in [0.4, 0.5) is 11.4 Å². The summed E-state index contributed by atoms with van der Waals surface area (Å²) in [6, 6.07) is 24.6. The van der Waals surface area contributed by atoms with Crippen molar-refractivity contribution in [2.75, 3.05) is 4.90 Å². The average Bonchev–Trinajstić information content (AvgIpc) is 2.89. The van der Waals surface area contributed by atoms with Crippen LogP contribution in [0.5, 0.6) is 5.75 Å². The number of ether oxygens (including phenoxy) is 1. The van der Waals surface area contributed by atoms with Gasteiger partial charge in [0.15, 0.2) is 0 Å². The molecule has 164 valence electrons. The summed E-state index contributed by atoms with van der Waals surface area (Å²) in [6.07, 6.45) is 13.4. The molecule has 3 aliphatic rings. The van der Waals surface area contributed by atoms with Crippen LogP contribution in [0, 0.1) is 0 Å². The molecular formula is C31H23NO2. The maximum atomic E-state index is 11.6. The Kier molecular flexibility index (Phi) is 4.88. The lowest BCUT2D eigenvalue weighted by molar-refractivity contribution is -0.128. The third-order valence-electron chi connectivity index (χ3n) is 6.63. The topological polar surface area (TPSA) is 29.5 Å². The van der Waals surface area contributed by atoms with Gasteiger partial charge in [-0.3, -0.25) is 0 Å². The van der Waals surface area contributed by atoms with Crippen molar-refractivity contribution in [2.24, 2.45) is 0 Å². The zero-order chi connectivity index (χ0) is 23.1. The summed E-state index contributed by atoms with van der Waals surface area (Å²) < 4.78 is 5.29. The van der Waals surface area contributed by atoms with Gasteiger partial charge in [0.1, 0.15) is 5.75 Å². The van der Waals surface area contributed by atoms with Gasteiger partial charge in [0, 0.05) is 29.1 Å². The molecule has 0 spiro atoms. The molecule has 3 aromatic rings. The highest BCUT2D eigenvalue weighted by Crippen LogP contribution is 2.50. The number of hydrogen-bond acceptors (Lipinski definition) is 3. The molecule has 0 aromatic heterocycles. The number of nitrogens with zero attached hydrogens (tertiary/aromatic N) is 1. The van der Waals surface area contributed by atoms with Gasteiger partial charge in [-0.15, -0.1) is 0 Å². The number of benzene rings is 3. The first-order valence-electron chi connectivity index (χ1n) is 11.4. The molecule has 0 heterocycles. The summed E-state index contributed by atoms with van der Waals surface area (Å²) in [6.45, 7) is 3.47. The molecule has 3 aliphatic carbocycles. The highest BCUT2D eigenvalue weighted by molar-refractivity contribution is 5.84. The molecule has 1 unspecified atom stereocenters. The third kappa shape index (κ3) is 3.34. The van der Waals surface area contributed by atoms with Crippen molar-refractivity contribution in [2.45, 2.75) is 12.3 Å². The molecule has 0 saturated heterocycles. The van der Waals surface area contributed by atoms with Gasteiger partial charge in [0.2, 0.25) is 0 Å². The van der Waals surface area contributed by atoms with E-state index in [0.717, 1.165) is 23.5 Å². The van der Waals surface area contributed by atoms with E-state index >= 15 is 0 Å². The van der Waals surface area contributed by atoms with E-state index in [1.165, 1.54) is 33.9 Å². The van der Waals surface area contributed by atoms with Gasteiger partial charge < -0.3 is 9.64 Å². The predicted molar refractivity (Wildman–Crippen MR) is 137 cm³/mol. The summed E-state index contributed by atoms with van der Waals surface area (Å²) in [7, 11) is 0. The van der Waals surface area contributed by atoms with E-state index in [4.69, 9.17) is 4.74 Å². The Hall–Kier alpha value is -4.37. The number of hydrogen-bond donors (Lipinski definition) is 0. The Morgan fingerprint density at radius 3 is 2.50 bits per heavy atom. The monoisotopic (exact) mass is 441 g/mol. The number of anilines is 2. The van der Waals surface area contributed by atoms with Crippen LogP contribution in [0.25, 0.3) is 6.08 Å². The van der Waals surface area contributed by atoms with Gasteiger partial charge in [-0.2, -0.15) is 0 Å². The molecule has 0 aliphatic heterocycles. The van der Waals surface area contributed by atoms with E-state index in [1.807, 2.05) is 30.3 Å². The zero-order valence-electron chi connectivity index (χ0n) is 18.6. The minimum absolute atomic E-state index is 0.240. The van der Waals surface area contributed by atoms with Gasteiger partial charge in [-0.25, -0.2) is 4.79 Å². The Bertz CT molecular complexity index is 1420. The van der Waals surface area contributed by atoms with Gasteiger partial charge in [-0.1, -0.05) is 67.3 Å². The lowest BCUT2D eigenvalue weighted by atomic mass is 9.70. The fourth-order valence-electron chi connectivity index (χ4n) is 5.13. The smallest absolute Gasteiger partial charge is 0.335 e. The molecule has 0 radical (unpaired) electrons. The molecule has 6 rings (SSSR count). The predicted octanol–water partition coefficient (Wildman–Crippen LogP) is 7.03. The highest BCUT2D eigenvalue weighted by Gasteiger charge is 2.35. The second-order valence-electron chi connectivity index (χ2n) is 8.56. The molecule has 1 atom stereocenters. The van der Waals surface area contributed by atoms with Gasteiger partial charge in [-0.05, 0) is 76.7 Å². The molecule has 3 heteroatoms. The average molecular weight is 442 g/mol. The van der Waals surface area contributed by atoms with Gasteiger partial charge >= 0.3 is 5.97 Å². The van der Waals surface area contributed by atoms with E-state index in [2.05, 4.69) is 84.3 Å². The molecule has 0 N–H and O–H groups in total. The highest BCUT2D eigenvalue weighted by atomic mass is 16.5. The van der Waals surface area contributed by atoms with E-state index in [9.17, 15) is 4.79 Å². The summed E-state index contributed by atoms with van der Waals surface area (Å²) in [4.78, 5) is 13.9. The van der Waals surface area contributed by atoms with Crippen LogP contribution in [-0.4, -0.2) is 5.97 Å². The minimum atomic E-state index is -0.465. The second kappa shape index (κ2) is 8.20. The molecule has 0 fully saturated rings. The van der Waals surface area contributed by atoms with Gasteiger partial charge in [0.05, 0.1) is 0 Å². The standard InChI is InChI=1S/C31H23NO2/c1-2-29(33)34-26-17-15-25(16-18-26)32(24-9-4-3-5-10-24)28-20-14-23-12-11-21-7-6-8-22-13-19-27(28)31(23)30(21)22/h2-12,14-20,31H,1,13H2. The SMILES string of the molecule is C=CC(=O)Oc1ccc(N(C2=CC=C3C=Cc4cccc5c4C3C2=CC5)c2ccccc2)cc1. The number of para-hydroxylation sites is 1. The fourth-order valence-corrected chi connectivity index (χ4v) is 5.13.